The third-order valence-corrected chi connectivity index (χ3v) is 3.40. The third kappa shape index (κ3) is 4.70. The van der Waals surface area contributed by atoms with Crippen LogP contribution in [0.25, 0.3) is 0 Å². The second-order valence-corrected chi connectivity index (χ2v) is 5.23. The van der Waals surface area contributed by atoms with E-state index < -0.39 is 11.7 Å². The second kappa shape index (κ2) is 8.81. The van der Waals surface area contributed by atoms with E-state index in [9.17, 15) is 9.18 Å². The number of aryl methyl sites for hydroxylation is 1. The van der Waals surface area contributed by atoms with Gasteiger partial charge in [0.05, 0.1) is 18.9 Å². The highest BCUT2D eigenvalue weighted by Crippen LogP contribution is 2.25. The van der Waals surface area contributed by atoms with Gasteiger partial charge in [0.1, 0.15) is 0 Å². The van der Waals surface area contributed by atoms with Gasteiger partial charge >= 0.3 is 0 Å². The molecule has 2 aromatic rings. The first-order chi connectivity index (χ1) is 12.5. The van der Waals surface area contributed by atoms with Gasteiger partial charge in [-0.15, -0.1) is 0 Å². The summed E-state index contributed by atoms with van der Waals surface area (Å²) in [6.45, 7) is 2.26. The minimum Gasteiger partial charge on any atom is -0.490 e. The zero-order chi connectivity index (χ0) is 19.1. The molecule has 10 heteroatoms. The van der Waals surface area contributed by atoms with E-state index in [1.54, 1.807) is 0 Å². The molecule has 140 valence electrons. The summed E-state index contributed by atoms with van der Waals surface area (Å²) in [6, 6.07) is 3.51. The summed E-state index contributed by atoms with van der Waals surface area (Å²) in [5.74, 6) is -0.875. The number of benzene rings is 1. The Labute approximate surface area is 149 Å². The van der Waals surface area contributed by atoms with Crippen LogP contribution in [0.3, 0.4) is 0 Å². The predicted octanol–water partition coefficient (Wildman–Crippen LogP) is 1.31. The Hall–Kier alpha value is -3.14. The molecule has 0 radical (unpaired) electrons. The fourth-order valence-corrected chi connectivity index (χ4v) is 2.17. The molecule has 2 rings (SSSR count). The number of anilines is 2. The van der Waals surface area contributed by atoms with Crippen LogP contribution in [0, 0.1) is 5.82 Å². The first-order valence-electron chi connectivity index (χ1n) is 7.87. The third-order valence-electron chi connectivity index (χ3n) is 3.40. The molecular weight excluding hydrogens is 345 g/mol. The van der Waals surface area contributed by atoms with Crippen LogP contribution in [-0.2, 0) is 6.42 Å². The molecule has 1 heterocycles. The Kier molecular flexibility index (Phi) is 6.50. The lowest BCUT2D eigenvalue weighted by atomic mass is 10.2. The number of hydrogen-bond donors (Lipinski definition) is 4. The lowest BCUT2D eigenvalue weighted by Gasteiger charge is -2.13. The molecule has 0 saturated carbocycles. The number of nitrogens with zero attached hydrogens (tertiary/aromatic N) is 2. The van der Waals surface area contributed by atoms with Crippen LogP contribution in [-0.4, -0.2) is 34.3 Å². The highest BCUT2D eigenvalue weighted by Gasteiger charge is 2.12. The van der Waals surface area contributed by atoms with Crippen LogP contribution >= 0.6 is 0 Å². The number of nitrogens with one attached hydrogen (secondary N) is 1. The molecule has 0 bridgehead atoms. The largest absolute Gasteiger partial charge is 0.490 e. The monoisotopic (exact) mass is 365 g/mol. The number of amides is 1. The van der Waals surface area contributed by atoms with Crippen molar-refractivity contribution < 1.29 is 23.9 Å². The normalized spacial score (nSPS) is 10.4. The van der Waals surface area contributed by atoms with Crippen LogP contribution in [0.15, 0.2) is 18.2 Å². The maximum Gasteiger partial charge on any atom is 0.274 e. The van der Waals surface area contributed by atoms with Gasteiger partial charge < -0.3 is 20.9 Å². The van der Waals surface area contributed by atoms with Gasteiger partial charge in [0, 0.05) is 12.0 Å². The smallest absolute Gasteiger partial charge is 0.274 e. The summed E-state index contributed by atoms with van der Waals surface area (Å²) in [5.41, 5.74) is 13.5. The van der Waals surface area contributed by atoms with Crippen molar-refractivity contribution in [3.63, 3.8) is 0 Å². The molecule has 26 heavy (non-hydrogen) atoms. The van der Waals surface area contributed by atoms with E-state index in [-0.39, 0.29) is 36.3 Å². The van der Waals surface area contributed by atoms with Gasteiger partial charge in [0.2, 0.25) is 5.95 Å². The summed E-state index contributed by atoms with van der Waals surface area (Å²) >= 11 is 0. The predicted molar refractivity (Wildman–Crippen MR) is 91.5 cm³/mol. The molecule has 0 aliphatic carbocycles. The van der Waals surface area contributed by atoms with Gasteiger partial charge in [0.25, 0.3) is 5.91 Å². The van der Waals surface area contributed by atoms with Crippen molar-refractivity contribution in [2.45, 2.75) is 19.8 Å². The van der Waals surface area contributed by atoms with Gasteiger partial charge in [-0.3, -0.25) is 10.0 Å². The summed E-state index contributed by atoms with van der Waals surface area (Å²) in [7, 11) is 0. The van der Waals surface area contributed by atoms with E-state index in [1.807, 2.05) is 6.92 Å². The second-order valence-electron chi connectivity index (χ2n) is 5.23. The van der Waals surface area contributed by atoms with Crippen LogP contribution in [0.1, 0.15) is 29.4 Å². The first kappa shape index (κ1) is 19.2. The maximum absolute atomic E-state index is 13.7. The number of rotatable bonds is 8. The Morgan fingerprint density at radius 1 is 1.27 bits per heavy atom. The molecule has 0 aliphatic rings. The van der Waals surface area contributed by atoms with Gasteiger partial charge in [-0.05, 0) is 24.6 Å². The van der Waals surface area contributed by atoms with Gasteiger partial charge in [-0.2, -0.15) is 4.98 Å². The van der Waals surface area contributed by atoms with Crippen molar-refractivity contribution >= 4 is 17.7 Å². The Balaban J connectivity index is 1.89. The van der Waals surface area contributed by atoms with Gasteiger partial charge in [-0.1, -0.05) is 6.92 Å². The quantitative estimate of drug-likeness (QED) is 0.311. The Morgan fingerprint density at radius 3 is 2.69 bits per heavy atom. The van der Waals surface area contributed by atoms with Crippen LogP contribution < -0.4 is 26.4 Å². The highest BCUT2D eigenvalue weighted by atomic mass is 19.1. The molecule has 1 aromatic heterocycles. The van der Waals surface area contributed by atoms with E-state index in [2.05, 4.69) is 9.97 Å². The molecule has 6 N–H and O–H groups in total. The lowest BCUT2D eigenvalue weighted by molar-refractivity contribution is 0.0705. The lowest BCUT2D eigenvalue weighted by Crippen LogP contribution is -2.18. The zero-order valence-electron chi connectivity index (χ0n) is 14.2. The molecule has 0 atom stereocenters. The minimum absolute atomic E-state index is 0.0690. The maximum atomic E-state index is 13.7. The van der Waals surface area contributed by atoms with Crippen molar-refractivity contribution in [1.29, 1.82) is 0 Å². The van der Waals surface area contributed by atoms with Crippen LogP contribution in [0.2, 0.25) is 0 Å². The molecule has 1 amide bonds. The molecule has 0 spiro atoms. The van der Waals surface area contributed by atoms with Crippen LogP contribution in [0.5, 0.6) is 11.5 Å². The summed E-state index contributed by atoms with van der Waals surface area (Å²) in [5, 5.41) is 8.61. The fourth-order valence-electron chi connectivity index (χ4n) is 2.17. The number of ether oxygens (including phenoxy) is 2. The fraction of sp³-hybridized carbons (Fsp3) is 0.312. The number of nitrogens with two attached hydrogens (primary N) is 2. The Morgan fingerprint density at radius 2 is 2.00 bits per heavy atom. The molecule has 9 nitrogen and oxygen atoms in total. The van der Waals surface area contributed by atoms with Crippen molar-refractivity contribution in [1.82, 2.24) is 15.4 Å². The van der Waals surface area contributed by atoms with Crippen molar-refractivity contribution in [2.75, 3.05) is 24.7 Å². The van der Waals surface area contributed by atoms with E-state index in [4.69, 9.17) is 26.1 Å². The molecule has 1 aromatic carbocycles. The van der Waals surface area contributed by atoms with Crippen molar-refractivity contribution in [2.24, 2.45) is 0 Å². The number of nitrogen functional groups attached to an aromatic ring is 2. The number of hydroxylamine groups is 1. The SMILES string of the molecule is CCc1nc(N)nc(N)c1OCCCOc1cc(C(=O)NO)ccc1F. The average molecular weight is 365 g/mol. The topological polar surface area (TPSA) is 146 Å². The van der Waals surface area contributed by atoms with E-state index in [1.165, 1.54) is 17.6 Å². The molecule has 0 aliphatic heterocycles. The van der Waals surface area contributed by atoms with Crippen molar-refractivity contribution in [3.05, 3.63) is 35.3 Å². The molecule has 0 fully saturated rings. The zero-order valence-corrected chi connectivity index (χ0v) is 14.2. The highest BCUT2D eigenvalue weighted by molar-refractivity contribution is 5.93. The number of carbonyl (C=O) groups excluding carboxylic acids is 1. The van der Waals surface area contributed by atoms with Crippen molar-refractivity contribution in [3.8, 4) is 11.5 Å². The van der Waals surface area contributed by atoms with Crippen LogP contribution in [0.4, 0.5) is 16.2 Å². The number of carbonyl (C=O) groups is 1. The van der Waals surface area contributed by atoms with Gasteiger partial charge in [0.15, 0.2) is 23.1 Å². The average Bonchev–Trinajstić information content (AvgIpc) is 2.63. The van der Waals surface area contributed by atoms with E-state index in [0.29, 0.717) is 24.3 Å². The summed E-state index contributed by atoms with van der Waals surface area (Å²) in [6.07, 6.45) is 0.997. The number of halogens is 1. The number of aromatic nitrogens is 2. The van der Waals surface area contributed by atoms with Gasteiger partial charge in [-0.25, -0.2) is 14.9 Å². The molecule has 0 saturated heterocycles. The molecular formula is C16H20FN5O4. The number of hydrogen-bond acceptors (Lipinski definition) is 8. The Bertz CT molecular complexity index is 787. The minimum atomic E-state index is -0.760. The first-order valence-corrected chi connectivity index (χ1v) is 7.87. The standard InChI is InChI=1S/C16H20FN5O4/c1-2-11-13(14(18)21-16(19)20-11)26-7-3-6-25-12-8-9(15(23)22-24)4-5-10(12)17/h4-5,8,24H,2-3,6-7H2,1H3,(H,22,23)(H4,18,19,20,21). The molecule has 0 unspecified atom stereocenters. The van der Waals surface area contributed by atoms with E-state index in [0.717, 1.165) is 6.07 Å². The van der Waals surface area contributed by atoms with E-state index >= 15 is 0 Å². The summed E-state index contributed by atoms with van der Waals surface area (Å²) in [4.78, 5) is 19.3. The summed E-state index contributed by atoms with van der Waals surface area (Å²) < 4.78 is 24.6.